The Balaban J connectivity index is 2.93. The Morgan fingerprint density at radius 2 is 2.12 bits per heavy atom. The normalized spacial score (nSPS) is 24.8. The third kappa shape index (κ3) is 2.79. The van der Waals surface area contributed by atoms with Gasteiger partial charge in [-0.25, -0.2) is 0 Å². The van der Waals surface area contributed by atoms with Crippen LogP contribution in [0.2, 0.25) is 0 Å². The van der Waals surface area contributed by atoms with Gasteiger partial charge in [-0.05, 0) is 12.3 Å². The molecule has 0 aromatic carbocycles. The van der Waals surface area contributed by atoms with Crippen LogP contribution in [-0.2, 0) is 9.59 Å². The number of carbonyl (C=O) groups is 2. The lowest BCUT2D eigenvalue weighted by Gasteiger charge is -2.39. The van der Waals surface area contributed by atoms with E-state index in [-0.39, 0.29) is 24.3 Å². The summed E-state index contributed by atoms with van der Waals surface area (Å²) in [4.78, 5) is 25.7. The van der Waals surface area contributed by atoms with Crippen molar-refractivity contribution < 1.29 is 9.59 Å². The first-order valence-electron chi connectivity index (χ1n) is 6.07. The fourth-order valence-corrected chi connectivity index (χ4v) is 2.22. The number of nitrogens with zero attached hydrogens (tertiary/aromatic N) is 1. The lowest BCUT2D eigenvalue weighted by atomic mass is 9.95. The number of nitrogens with one attached hydrogen (secondary N) is 1. The summed E-state index contributed by atoms with van der Waals surface area (Å²) in [5, 5.41) is 2.79. The van der Waals surface area contributed by atoms with Gasteiger partial charge in [0.2, 0.25) is 11.8 Å². The number of hydrogen-bond donors (Lipinski definition) is 1. The zero-order chi connectivity index (χ0) is 13.0. The summed E-state index contributed by atoms with van der Waals surface area (Å²) in [7, 11) is 0. The molecule has 0 aromatic rings. The summed E-state index contributed by atoms with van der Waals surface area (Å²) in [5.74, 6) is 2.38. The molecule has 1 fully saturated rings. The minimum absolute atomic E-state index is 0.0527. The molecule has 1 aliphatic heterocycles. The SMILES string of the molecule is C#CCN1C(=O)C(CCC)NC(=O)C1C(C)C. The van der Waals surface area contributed by atoms with Crippen molar-refractivity contribution in [3.05, 3.63) is 0 Å². The Morgan fingerprint density at radius 3 is 2.59 bits per heavy atom. The summed E-state index contributed by atoms with van der Waals surface area (Å²) in [6.07, 6.45) is 6.79. The number of rotatable bonds is 4. The summed E-state index contributed by atoms with van der Waals surface area (Å²) < 4.78 is 0. The van der Waals surface area contributed by atoms with Gasteiger partial charge < -0.3 is 10.2 Å². The molecule has 0 radical (unpaired) electrons. The summed E-state index contributed by atoms with van der Waals surface area (Å²) in [6.45, 7) is 6.02. The number of piperazine rings is 1. The second kappa shape index (κ2) is 5.72. The molecule has 0 saturated carbocycles. The number of terminal acetylenes is 1. The number of carbonyl (C=O) groups excluding carboxylic acids is 2. The second-order valence-corrected chi connectivity index (χ2v) is 4.71. The quantitative estimate of drug-likeness (QED) is 0.733. The highest BCUT2D eigenvalue weighted by molar-refractivity contribution is 5.97. The molecule has 0 aromatic heterocycles. The van der Waals surface area contributed by atoms with E-state index in [0.717, 1.165) is 6.42 Å². The van der Waals surface area contributed by atoms with Gasteiger partial charge in [-0.2, -0.15) is 0 Å². The predicted octanol–water partition coefficient (Wildman–Crippen LogP) is 0.771. The molecule has 17 heavy (non-hydrogen) atoms. The third-order valence-corrected chi connectivity index (χ3v) is 2.97. The first-order valence-corrected chi connectivity index (χ1v) is 6.07. The monoisotopic (exact) mass is 236 g/mol. The molecule has 1 rings (SSSR count). The molecule has 4 nitrogen and oxygen atoms in total. The van der Waals surface area contributed by atoms with Crippen molar-refractivity contribution in [1.29, 1.82) is 0 Å². The Morgan fingerprint density at radius 1 is 1.47 bits per heavy atom. The van der Waals surface area contributed by atoms with Gasteiger partial charge in [-0.15, -0.1) is 6.42 Å². The average Bonchev–Trinajstić information content (AvgIpc) is 2.25. The minimum atomic E-state index is -0.438. The summed E-state index contributed by atoms with van der Waals surface area (Å²) in [5.41, 5.74) is 0. The molecule has 1 N–H and O–H groups in total. The van der Waals surface area contributed by atoms with Gasteiger partial charge in [0.15, 0.2) is 0 Å². The maximum atomic E-state index is 12.2. The van der Waals surface area contributed by atoms with Gasteiger partial charge >= 0.3 is 0 Å². The minimum Gasteiger partial charge on any atom is -0.342 e. The van der Waals surface area contributed by atoms with Crippen LogP contribution in [0.15, 0.2) is 0 Å². The van der Waals surface area contributed by atoms with E-state index in [1.54, 1.807) is 0 Å². The fraction of sp³-hybridized carbons (Fsp3) is 0.692. The van der Waals surface area contributed by atoms with Crippen LogP contribution in [0.1, 0.15) is 33.6 Å². The van der Waals surface area contributed by atoms with Crippen molar-refractivity contribution in [2.45, 2.75) is 45.7 Å². The van der Waals surface area contributed by atoms with Crippen LogP contribution >= 0.6 is 0 Å². The lowest BCUT2D eigenvalue weighted by molar-refractivity contribution is -0.150. The molecular formula is C13H20N2O2. The standard InChI is InChI=1S/C13H20N2O2/c1-5-7-10-13(17)15(8-6-2)11(9(3)4)12(16)14-10/h2,9-11H,5,7-8H2,1,3-4H3,(H,14,16). The molecule has 0 spiro atoms. The fourth-order valence-electron chi connectivity index (χ4n) is 2.22. The molecule has 1 saturated heterocycles. The number of hydrogen-bond acceptors (Lipinski definition) is 2. The molecule has 1 heterocycles. The molecule has 2 unspecified atom stereocenters. The largest absolute Gasteiger partial charge is 0.342 e. The van der Waals surface area contributed by atoms with Crippen LogP contribution in [0, 0.1) is 18.3 Å². The van der Waals surface area contributed by atoms with E-state index in [4.69, 9.17) is 6.42 Å². The maximum Gasteiger partial charge on any atom is 0.246 e. The van der Waals surface area contributed by atoms with Crippen LogP contribution in [0.25, 0.3) is 0 Å². The summed E-state index contributed by atoms with van der Waals surface area (Å²) >= 11 is 0. The van der Waals surface area contributed by atoms with Gasteiger partial charge in [0.1, 0.15) is 12.1 Å². The van der Waals surface area contributed by atoms with Crippen LogP contribution in [0.3, 0.4) is 0 Å². The summed E-state index contributed by atoms with van der Waals surface area (Å²) in [6, 6.07) is -0.845. The van der Waals surface area contributed by atoms with E-state index in [1.165, 1.54) is 4.90 Å². The van der Waals surface area contributed by atoms with Crippen molar-refractivity contribution in [2.75, 3.05) is 6.54 Å². The van der Waals surface area contributed by atoms with Crippen molar-refractivity contribution >= 4 is 11.8 Å². The molecule has 2 amide bonds. The Kier molecular flexibility index (Phi) is 4.56. The maximum absolute atomic E-state index is 12.2. The molecule has 2 atom stereocenters. The van der Waals surface area contributed by atoms with E-state index in [2.05, 4.69) is 11.2 Å². The van der Waals surface area contributed by atoms with Crippen molar-refractivity contribution in [1.82, 2.24) is 10.2 Å². The highest BCUT2D eigenvalue weighted by Gasteiger charge is 2.40. The first kappa shape index (κ1) is 13.6. The van der Waals surface area contributed by atoms with E-state index in [1.807, 2.05) is 20.8 Å². The second-order valence-electron chi connectivity index (χ2n) is 4.71. The molecular weight excluding hydrogens is 216 g/mol. The molecule has 1 aliphatic rings. The first-order chi connectivity index (χ1) is 8.02. The van der Waals surface area contributed by atoms with Gasteiger partial charge in [0.05, 0.1) is 6.54 Å². The van der Waals surface area contributed by atoms with Gasteiger partial charge in [0.25, 0.3) is 0 Å². The average molecular weight is 236 g/mol. The van der Waals surface area contributed by atoms with Crippen molar-refractivity contribution in [3.8, 4) is 12.3 Å². The van der Waals surface area contributed by atoms with Crippen molar-refractivity contribution in [3.63, 3.8) is 0 Å². The molecule has 94 valence electrons. The Hall–Kier alpha value is -1.50. The molecule has 0 aliphatic carbocycles. The topological polar surface area (TPSA) is 49.4 Å². The molecule has 0 bridgehead atoms. The lowest BCUT2D eigenvalue weighted by Crippen LogP contribution is -2.64. The van der Waals surface area contributed by atoms with Crippen LogP contribution < -0.4 is 5.32 Å². The zero-order valence-electron chi connectivity index (χ0n) is 10.7. The highest BCUT2D eigenvalue weighted by atomic mass is 16.2. The van der Waals surface area contributed by atoms with E-state index >= 15 is 0 Å². The van der Waals surface area contributed by atoms with Crippen molar-refractivity contribution in [2.24, 2.45) is 5.92 Å². The van der Waals surface area contributed by atoms with Crippen LogP contribution in [0.4, 0.5) is 0 Å². The Bertz CT molecular complexity index is 344. The van der Waals surface area contributed by atoms with E-state index < -0.39 is 12.1 Å². The van der Waals surface area contributed by atoms with E-state index in [9.17, 15) is 9.59 Å². The van der Waals surface area contributed by atoms with Gasteiger partial charge in [-0.1, -0.05) is 33.1 Å². The molecule has 4 heteroatoms. The predicted molar refractivity (Wildman–Crippen MR) is 66.0 cm³/mol. The van der Waals surface area contributed by atoms with E-state index in [0.29, 0.717) is 6.42 Å². The highest BCUT2D eigenvalue weighted by Crippen LogP contribution is 2.18. The third-order valence-electron chi connectivity index (χ3n) is 2.97. The smallest absolute Gasteiger partial charge is 0.246 e. The zero-order valence-corrected chi connectivity index (χ0v) is 10.7. The van der Waals surface area contributed by atoms with Crippen LogP contribution in [-0.4, -0.2) is 35.3 Å². The van der Waals surface area contributed by atoms with Crippen LogP contribution in [0.5, 0.6) is 0 Å². The van der Waals surface area contributed by atoms with Gasteiger partial charge in [-0.3, -0.25) is 9.59 Å². The van der Waals surface area contributed by atoms with Gasteiger partial charge in [0, 0.05) is 0 Å². The Labute approximate surface area is 103 Å². The number of amides is 2.